The van der Waals surface area contributed by atoms with E-state index in [2.05, 4.69) is 17.9 Å². The average molecular weight is 286 g/mol. The van der Waals surface area contributed by atoms with Crippen LogP contribution in [0.5, 0.6) is 11.5 Å². The first kappa shape index (κ1) is 16.1. The molecule has 3 N–H and O–H groups in total. The van der Waals surface area contributed by atoms with Gasteiger partial charge in [0.2, 0.25) is 0 Å². The van der Waals surface area contributed by atoms with Crippen molar-refractivity contribution in [3.63, 3.8) is 0 Å². The molecule has 1 aliphatic rings. The van der Waals surface area contributed by atoms with Crippen LogP contribution in [0.4, 0.5) is 0 Å². The Morgan fingerprint density at radius 2 is 1.74 bits per heavy atom. The molecule has 19 heavy (non-hydrogen) atoms. The van der Waals surface area contributed by atoms with Crippen LogP contribution in [0.3, 0.4) is 0 Å². The zero-order valence-corrected chi connectivity index (χ0v) is 12.6. The molecule has 0 heterocycles. The minimum atomic E-state index is 0. The number of quaternary nitrogens is 1. The van der Waals surface area contributed by atoms with E-state index in [-0.39, 0.29) is 12.4 Å². The van der Waals surface area contributed by atoms with E-state index in [4.69, 9.17) is 9.47 Å². The van der Waals surface area contributed by atoms with Crippen molar-refractivity contribution < 1.29 is 27.6 Å². The molecule has 0 radical (unpaired) electrons. The van der Waals surface area contributed by atoms with Crippen molar-refractivity contribution in [3.05, 3.63) is 23.8 Å². The quantitative estimate of drug-likeness (QED) is 0.766. The van der Waals surface area contributed by atoms with E-state index in [0.717, 1.165) is 18.0 Å². The minimum absolute atomic E-state index is 0. The molecule has 0 amide bonds. The van der Waals surface area contributed by atoms with Gasteiger partial charge in [-0.25, -0.2) is 0 Å². The fourth-order valence-corrected chi connectivity index (χ4v) is 3.24. The molecule has 0 saturated heterocycles. The number of halogens is 1. The summed E-state index contributed by atoms with van der Waals surface area (Å²) in [5, 5.41) is 0. The van der Waals surface area contributed by atoms with Gasteiger partial charge in [0, 0.05) is 11.8 Å². The summed E-state index contributed by atoms with van der Waals surface area (Å²) in [5.41, 5.74) is 5.75. The Hall–Kier alpha value is -0.930. The van der Waals surface area contributed by atoms with E-state index in [9.17, 15) is 0 Å². The zero-order valence-electron chi connectivity index (χ0n) is 11.9. The number of methoxy groups -OCH3 is 2. The molecule has 4 heteroatoms. The number of hydrogen-bond donors (Lipinski definition) is 1. The molecule has 0 spiro atoms. The third kappa shape index (κ3) is 3.15. The van der Waals surface area contributed by atoms with Crippen LogP contribution < -0.4 is 27.6 Å². The molecule has 1 aliphatic carbocycles. The van der Waals surface area contributed by atoms with Gasteiger partial charge in [-0.3, -0.25) is 0 Å². The van der Waals surface area contributed by atoms with Gasteiger partial charge < -0.3 is 27.6 Å². The number of ether oxygens (including phenoxy) is 2. The normalized spacial score (nSPS) is 16.8. The fourth-order valence-electron chi connectivity index (χ4n) is 3.24. The van der Waals surface area contributed by atoms with Crippen LogP contribution in [-0.2, 0) is 5.41 Å². The third-order valence-electron chi connectivity index (χ3n) is 4.21. The highest BCUT2D eigenvalue weighted by Crippen LogP contribution is 2.45. The first-order chi connectivity index (χ1) is 8.75. The summed E-state index contributed by atoms with van der Waals surface area (Å²) in [4.78, 5) is 0. The summed E-state index contributed by atoms with van der Waals surface area (Å²) >= 11 is 0. The van der Waals surface area contributed by atoms with E-state index in [0.29, 0.717) is 5.41 Å². The van der Waals surface area contributed by atoms with Crippen LogP contribution in [0.15, 0.2) is 18.2 Å². The van der Waals surface area contributed by atoms with Crippen LogP contribution in [0, 0.1) is 0 Å². The highest BCUT2D eigenvalue weighted by molar-refractivity contribution is 5.45. The van der Waals surface area contributed by atoms with Gasteiger partial charge in [-0.05, 0) is 30.5 Å². The molecule has 0 aromatic heterocycles. The lowest BCUT2D eigenvalue weighted by Crippen LogP contribution is -3.00. The largest absolute Gasteiger partial charge is 1.00 e. The van der Waals surface area contributed by atoms with Gasteiger partial charge in [-0.2, -0.15) is 0 Å². The Kier molecular flexibility index (Phi) is 5.95. The summed E-state index contributed by atoms with van der Waals surface area (Å²) in [7, 11) is 3.38. The molecule has 2 rings (SSSR count). The highest BCUT2D eigenvalue weighted by Gasteiger charge is 2.35. The first-order valence-corrected chi connectivity index (χ1v) is 6.77. The maximum absolute atomic E-state index is 5.42. The third-order valence-corrected chi connectivity index (χ3v) is 4.21. The lowest BCUT2D eigenvalue weighted by Gasteiger charge is -2.29. The lowest BCUT2D eigenvalue weighted by atomic mass is 9.76. The van der Waals surface area contributed by atoms with Gasteiger partial charge in [-0.1, -0.05) is 18.9 Å². The zero-order chi connectivity index (χ0) is 13.0. The smallest absolute Gasteiger partial charge is 0.161 e. The van der Waals surface area contributed by atoms with Gasteiger partial charge >= 0.3 is 0 Å². The molecule has 1 fully saturated rings. The predicted octanol–water partition coefficient (Wildman–Crippen LogP) is -0.848. The maximum Gasteiger partial charge on any atom is 0.161 e. The van der Waals surface area contributed by atoms with Crippen molar-refractivity contribution in [1.29, 1.82) is 0 Å². The predicted molar refractivity (Wildman–Crippen MR) is 72.1 cm³/mol. The van der Waals surface area contributed by atoms with Gasteiger partial charge in [0.15, 0.2) is 11.5 Å². The van der Waals surface area contributed by atoms with Crippen molar-refractivity contribution in [2.24, 2.45) is 0 Å². The Morgan fingerprint density at radius 3 is 2.26 bits per heavy atom. The SMILES string of the molecule is COc1ccc(C2(CC[NH3+])CCCC2)cc1OC.[Cl-]. The summed E-state index contributed by atoms with van der Waals surface area (Å²) in [6, 6.07) is 6.37. The molecule has 0 unspecified atom stereocenters. The van der Waals surface area contributed by atoms with Crippen molar-refractivity contribution in [2.45, 2.75) is 37.5 Å². The molecule has 108 valence electrons. The van der Waals surface area contributed by atoms with E-state index in [1.165, 1.54) is 37.7 Å². The van der Waals surface area contributed by atoms with Gasteiger partial charge in [-0.15, -0.1) is 0 Å². The molecular weight excluding hydrogens is 262 g/mol. The van der Waals surface area contributed by atoms with E-state index in [1.54, 1.807) is 14.2 Å². The first-order valence-electron chi connectivity index (χ1n) is 6.77. The molecule has 1 aromatic carbocycles. The van der Waals surface area contributed by atoms with Gasteiger partial charge in [0.05, 0.1) is 20.8 Å². The number of rotatable bonds is 5. The number of benzene rings is 1. The molecule has 1 aromatic rings. The topological polar surface area (TPSA) is 46.1 Å². The second-order valence-electron chi connectivity index (χ2n) is 5.16. The Labute approximate surface area is 121 Å². The van der Waals surface area contributed by atoms with Crippen molar-refractivity contribution in [3.8, 4) is 11.5 Å². The van der Waals surface area contributed by atoms with Crippen LogP contribution in [-0.4, -0.2) is 20.8 Å². The highest BCUT2D eigenvalue weighted by atomic mass is 35.5. The molecule has 1 saturated carbocycles. The van der Waals surface area contributed by atoms with E-state index >= 15 is 0 Å². The van der Waals surface area contributed by atoms with Crippen LogP contribution in [0.25, 0.3) is 0 Å². The Morgan fingerprint density at radius 1 is 1.11 bits per heavy atom. The summed E-state index contributed by atoms with van der Waals surface area (Å²) in [6.45, 7) is 0.994. The Balaban J connectivity index is 0.00000180. The summed E-state index contributed by atoms with van der Waals surface area (Å²) in [6.07, 6.45) is 6.38. The average Bonchev–Trinajstić information content (AvgIpc) is 2.88. The standard InChI is InChI=1S/C15H23NO2.ClH/c1-17-13-6-5-12(11-14(13)18-2)15(9-10-16)7-3-4-8-15;/h5-6,11H,3-4,7-10,16H2,1-2H3;1H. The second-order valence-corrected chi connectivity index (χ2v) is 5.16. The van der Waals surface area contributed by atoms with E-state index < -0.39 is 0 Å². The van der Waals surface area contributed by atoms with Crippen molar-refractivity contribution in [2.75, 3.05) is 20.8 Å². The molecule has 0 atom stereocenters. The van der Waals surface area contributed by atoms with Gasteiger partial charge in [0.1, 0.15) is 0 Å². The van der Waals surface area contributed by atoms with Crippen molar-refractivity contribution in [1.82, 2.24) is 0 Å². The van der Waals surface area contributed by atoms with Crippen molar-refractivity contribution >= 4 is 0 Å². The fraction of sp³-hybridized carbons (Fsp3) is 0.600. The number of hydrogen-bond acceptors (Lipinski definition) is 2. The van der Waals surface area contributed by atoms with E-state index in [1.807, 2.05) is 6.07 Å². The summed E-state index contributed by atoms with van der Waals surface area (Å²) in [5.74, 6) is 1.65. The molecule has 0 bridgehead atoms. The van der Waals surface area contributed by atoms with Crippen LogP contribution >= 0.6 is 0 Å². The monoisotopic (exact) mass is 285 g/mol. The summed E-state index contributed by atoms with van der Waals surface area (Å²) < 4.78 is 10.7. The lowest BCUT2D eigenvalue weighted by molar-refractivity contribution is -0.370. The Bertz CT molecular complexity index is 403. The van der Waals surface area contributed by atoms with Gasteiger partial charge in [0.25, 0.3) is 0 Å². The van der Waals surface area contributed by atoms with Crippen LogP contribution in [0.1, 0.15) is 37.7 Å². The maximum atomic E-state index is 5.42. The molecular formula is C15H24ClNO2. The molecule has 3 nitrogen and oxygen atoms in total. The van der Waals surface area contributed by atoms with Crippen LogP contribution in [0.2, 0.25) is 0 Å². The molecule has 0 aliphatic heterocycles. The minimum Gasteiger partial charge on any atom is -1.00 e. The second kappa shape index (κ2) is 7.01.